The normalized spacial score (nSPS) is 15.1. The lowest BCUT2D eigenvalue weighted by Crippen LogP contribution is -2.28. The zero-order chi connectivity index (χ0) is 13.0. The minimum atomic E-state index is 0.869. The number of allylic oxidation sites excluding steroid dienone is 2. The molecule has 0 aliphatic rings. The van der Waals surface area contributed by atoms with E-state index in [1.165, 1.54) is 21.6 Å². The summed E-state index contributed by atoms with van der Waals surface area (Å²) in [4.78, 5) is 0. The first-order valence-corrected chi connectivity index (χ1v) is 6.68. The Labute approximate surface area is 112 Å². The Hall–Kier alpha value is -1.02. The fourth-order valence-corrected chi connectivity index (χ4v) is 2.38. The average molecular weight is 294 g/mol. The van der Waals surface area contributed by atoms with Crippen LogP contribution in [0, 0.1) is 6.92 Å². The lowest BCUT2D eigenvalue weighted by atomic mass is 10.1. The molecule has 0 saturated heterocycles. The molecule has 0 radical (unpaired) electrons. The molecule has 1 nitrogen and oxygen atoms in total. The zero-order valence-corrected chi connectivity index (χ0v) is 12.6. The molecular weight excluding hydrogens is 274 g/mol. The molecule has 0 aromatic heterocycles. The largest absolute Gasteiger partial charge is 0.399 e. The van der Waals surface area contributed by atoms with Crippen LogP contribution in [0.25, 0.3) is 12.2 Å². The van der Waals surface area contributed by atoms with Gasteiger partial charge in [0.2, 0.25) is 0 Å². The first kappa shape index (κ1) is 14.0. The molecule has 0 aliphatic carbocycles. The highest BCUT2D eigenvalue weighted by molar-refractivity contribution is 9.10. The number of hydrogen-bond acceptors (Lipinski definition) is 1. The van der Waals surface area contributed by atoms with Crippen molar-refractivity contribution in [2.75, 3.05) is 0 Å². The summed E-state index contributed by atoms with van der Waals surface area (Å²) < 4.78 is 1.09. The van der Waals surface area contributed by atoms with Crippen LogP contribution >= 0.6 is 15.9 Å². The first-order chi connectivity index (χ1) is 7.99. The molecule has 0 aliphatic heterocycles. The summed E-state index contributed by atoms with van der Waals surface area (Å²) in [6, 6.07) is 4.23. The monoisotopic (exact) mass is 293 g/mol. The Morgan fingerprint density at radius 2 is 2.06 bits per heavy atom. The van der Waals surface area contributed by atoms with Gasteiger partial charge in [0.05, 0.1) is 0 Å². The molecule has 2 heteroatoms. The van der Waals surface area contributed by atoms with Gasteiger partial charge in [0, 0.05) is 10.2 Å². The van der Waals surface area contributed by atoms with Crippen molar-refractivity contribution in [1.29, 1.82) is 0 Å². The van der Waals surface area contributed by atoms with E-state index in [4.69, 9.17) is 5.73 Å². The first-order valence-electron chi connectivity index (χ1n) is 5.89. The van der Waals surface area contributed by atoms with Crippen LogP contribution in [0.4, 0.5) is 0 Å². The molecular formula is C15H20BrN. The SMILES string of the molecule is C/C=c1/c(C)cc(Br)c/c1=C/C(N)=C(\C)CC. The van der Waals surface area contributed by atoms with E-state index in [1.54, 1.807) is 0 Å². The van der Waals surface area contributed by atoms with Gasteiger partial charge in [0.25, 0.3) is 0 Å². The van der Waals surface area contributed by atoms with Crippen LogP contribution < -0.4 is 16.2 Å². The van der Waals surface area contributed by atoms with E-state index in [1.807, 2.05) is 0 Å². The predicted octanol–water partition coefficient (Wildman–Crippen LogP) is 2.98. The van der Waals surface area contributed by atoms with E-state index >= 15 is 0 Å². The fraction of sp³-hybridized carbons (Fsp3) is 0.333. The van der Waals surface area contributed by atoms with E-state index in [-0.39, 0.29) is 0 Å². The van der Waals surface area contributed by atoms with E-state index in [0.717, 1.165) is 16.6 Å². The Bertz CT molecular complexity index is 553. The molecule has 0 saturated carbocycles. The van der Waals surface area contributed by atoms with Crippen molar-refractivity contribution >= 4 is 28.1 Å². The molecule has 1 rings (SSSR count). The summed E-state index contributed by atoms with van der Waals surface area (Å²) in [5, 5.41) is 2.42. The van der Waals surface area contributed by atoms with E-state index in [0.29, 0.717) is 0 Å². The minimum Gasteiger partial charge on any atom is -0.399 e. The van der Waals surface area contributed by atoms with Crippen LogP contribution in [0.15, 0.2) is 27.9 Å². The van der Waals surface area contributed by atoms with Gasteiger partial charge >= 0.3 is 0 Å². The smallest absolute Gasteiger partial charge is 0.0309 e. The standard InChI is InChI=1S/C15H20BrN/c1-5-10(3)15(17)9-12-8-13(16)7-11(4)14(12)6-2/h6-9H,5,17H2,1-4H3/b12-9-,14-6-,15-10-. The van der Waals surface area contributed by atoms with Gasteiger partial charge in [-0.1, -0.05) is 34.5 Å². The third-order valence-electron chi connectivity index (χ3n) is 3.01. The lowest BCUT2D eigenvalue weighted by Gasteiger charge is -2.02. The quantitative estimate of drug-likeness (QED) is 0.891. The van der Waals surface area contributed by atoms with Crippen LogP contribution in [0.2, 0.25) is 0 Å². The highest BCUT2D eigenvalue weighted by atomic mass is 79.9. The fourth-order valence-electron chi connectivity index (χ4n) is 1.79. The summed E-state index contributed by atoms with van der Waals surface area (Å²) in [6.45, 7) is 8.37. The van der Waals surface area contributed by atoms with Gasteiger partial charge in [0.15, 0.2) is 0 Å². The van der Waals surface area contributed by atoms with Crippen LogP contribution in [0.3, 0.4) is 0 Å². The molecule has 0 atom stereocenters. The summed E-state index contributed by atoms with van der Waals surface area (Å²) in [7, 11) is 0. The summed E-state index contributed by atoms with van der Waals surface area (Å²) >= 11 is 3.53. The third kappa shape index (κ3) is 3.47. The second kappa shape index (κ2) is 6.06. The number of nitrogens with two attached hydrogens (primary N) is 1. The average Bonchev–Trinajstić information content (AvgIpc) is 2.27. The highest BCUT2D eigenvalue weighted by Gasteiger charge is 1.96. The molecule has 2 N–H and O–H groups in total. The Morgan fingerprint density at radius 3 is 2.59 bits per heavy atom. The van der Waals surface area contributed by atoms with Crippen molar-refractivity contribution in [1.82, 2.24) is 0 Å². The predicted molar refractivity (Wildman–Crippen MR) is 79.9 cm³/mol. The molecule has 0 heterocycles. The number of rotatable bonds is 2. The highest BCUT2D eigenvalue weighted by Crippen LogP contribution is 2.07. The molecule has 92 valence electrons. The topological polar surface area (TPSA) is 26.0 Å². The molecule has 0 bridgehead atoms. The van der Waals surface area contributed by atoms with Crippen molar-refractivity contribution in [2.24, 2.45) is 5.73 Å². The second-order valence-corrected chi connectivity index (χ2v) is 5.16. The van der Waals surface area contributed by atoms with Gasteiger partial charge in [-0.25, -0.2) is 0 Å². The van der Waals surface area contributed by atoms with Crippen molar-refractivity contribution in [3.8, 4) is 0 Å². The van der Waals surface area contributed by atoms with Crippen LogP contribution in [-0.2, 0) is 0 Å². The number of hydrogen-bond donors (Lipinski definition) is 1. The molecule has 0 fully saturated rings. The van der Waals surface area contributed by atoms with Crippen molar-refractivity contribution in [3.63, 3.8) is 0 Å². The van der Waals surface area contributed by atoms with Gasteiger partial charge < -0.3 is 5.73 Å². The van der Waals surface area contributed by atoms with Crippen LogP contribution in [-0.4, -0.2) is 0 Å². The molecule has 0 unspecified atom stereocenters. The number of benzene rings is 1. The summed E-state index contributed by atoms with van der Waals surface area (Å²) in [5.41, 5.74) is 9.43. The zero-order valence-electron chi connectivity index (χ0n) is 11.0. The van der Waals surface area contributed by atoms with Crippen LogP contribution in [0.5, 0.6) is 0 Å². The maximum Gasteiger partial charge on any atom is 0.0309 e. The molecule has 1 aromatic rings. The number of halogens is 1. The Kier molecular flexibility index (Phi) is 5.01. The summed E-state index contributed by atoms with van der Waals surface area (Å²) in [5.74, 6) is 0. The van der Waals surface area contributed by atoms with Crippen molar-refractivity contribution < 1.29 is 0 Å². The Balaban J connectivity index is 3.57. The van der Waals surface area contributed by atoms with Gasteiger partial charge in [-0.05, 0) is 61.4 Å². The second-order valence-electron chi connectivity index (χ2n) is 4.25. The number of aryl methyl sites for hydroxylation is 1. The van der Waals surface area contributed by atoms with Gasteiger partial charge in [-0.3, -0.25) is 0 Å². The van der Waals surface area contributed by atoms with Gasteiger partial charge in [-0.2, -0.15) is 0 Å². The van der Waals surface area contributed by atoms with E-state index < -0.39 is 0 Å². The van der Waals surface area contributed by atoms with E-state index in [9.17, 15) is 0 Å². The van der Waals surface area contributed by atoms with Crippen molar-refractivity contribution in [3.05, 3.63) is 43.9 Å². The molecule has 17 heavy (non-hydrogen) atoms. The van der Waals surface area contributed by atoms with Gasteiger partial charge in [0.1, 0.15) is 0 Å². The lowest BCUT2D eigenvalue weighted by molar-refractivity contribution is 1.07. The molecule has 0 amide bonds. The maximum atomic E-state index is 6.08. The minimum absolute atomic E-state index is 0.869. The van der Waals surface area contributed by atoms with Crippen LogP contribution in [0.1, 0.15) is 32.8 Å². The Morgan fingerprint density at radius 1 is 1.41 bits per heavy atom. The maximum absolute atomic E-state index is 6.08. The molecule has 1 aromatic carbocycles. The van der Waals surface area contributed by atoms with Crippen molar-refractivity contribution in [2.45, 2.75) is 34.1 Å². The van der Waals surface area contributed by atoms with E-state index in [2.05, 4.69) is 67.9 Å². The summed E-state index contributed by atoms with van der Waals surface area (Å²) in [6.07, 6.45) is 5.18. The van der Waals surface area contributed by atoms with Gasteiger partial charge in [-0.15, -0.1) is 0 Å². The third-order valence-corrected chi connectivity index (χ3v) is 3.46. The molecule has 0 spiro atoms.